The smallest absolute Gasteiger partial charge is 0.235 e. The predicted molar refractivity (Wildman–Crippen MR) is 86.0 cm³/mol. The number of hydrogen-bond donors (Lipinski definition) is 1. The highest BCUT2D eigenvalue weighted by atomic mass is 32.2. The number of thiol groups is 1. The van der Waals surface area contributed by atoms with Gasteiger partial charge in [-0.1, -0.05) is 44.2 Å². The standard InChI is InChI=1S/C15H21NOS2/c1-11-9-16(10-12(2)19-11)15(17)14(18)8-13-6-4-3-5-7-13/h3-7,11-12,14,18H,8-10H2,1-2H3. The predicted octanol–water partition coefficient (Wildman–Crippen LogP) is 2.88. The van der Waals surface area contributed by atoms with Crippen molar-refractivity contribution >= 4 is 30.3 Å². The second-order valence-electron chi connectivity index (χ2n) is 5.21. The summed E-state index contributed by atoms with van der Waals surface area (Å²) in [4.78, 5) is 14.4. The Labute approximate surface area is 125 Å². The van der Waals surface area contributed by atoms with Gasteiger partial charge in [-0.05, 0) is 12.0 Å². The van der Waals surface area contributed by atoms with Crippen molar-refractivity contribution in [2.45, 2.75) is 36.0 Å². The maximum Gasteiger partial charge on any atom is 0.235 e. The fourth-order valence-corrected chi connectivity index (χ4v) is 4.19. The Hall–Kier alpha value is -0.610. The number of carbonyl (C=O) groups excluding carboxylic acids is 1. The number of benzene rings is 1. The van der Waals surface area contributed by atoms with Crippen LogP contribution in [0.5, 0.6) is 0 Å². The molecule has 1 aliphatic heterocycles. The molecule has 19 heavy (non-hydrogen) atoms. The summed E-state index contributed by atoms with van der Waals surface area (Å²) in [6.45, 7) is 6.07. The zero-order valence-corrected chi connectivity index (χ0v) is 13.2. The maximum absolute atomic E-state index is 12.4. The molecule has 4 heteroatoms. The molecule has 1 aromatic carbocycles. The van der Waals surface area contributed by atoms with E-state index in [0.29, 0.717) is 16.9 Å². The molecular weight excluding hydrogens is 274 g/mol. The van der Waals surface area contributed by atoms with Gasteiger partial charge in [-0.25, -0.2) is 0 Å². The molecule has 1 saturated heterocycles. The van der Waals surface area contributed by atoms with Gasteiger partial charge in [0.1, 0.15) is 0 Å². The minimum absolute atomic E-state index is 0.172. The Morgan fingerprint density at radius 1 is 1.32 bits per heavy atom. The van der Waals surface area contributed by atoms with Gasteiger partial charge < -0.3 is 4.90 Å². The van der Waals surface area contributed by atoms with Gasteiger partial charge in [0, 0.05) is 23.6 Å². The van der Waals surface area contributed by atoms with Crippen molar-refractivity contribution < 1.29 is 4.79 Å². The zero-order chi connectivity index (χ0) is 13.8. The third-order valence-corrected chi connectivity index (χ3v) is 4.92. The molecule has 0 spiro atoms. The average Bonchev–Trinajstić information content (AvgIpc) is 2.37. The van der Waals surface area contributed by atoms with Crippen LogP contribution in [0.4, 0.5) is 0 Å². The molecule has 0 N–H and O–H groups in total. The lowest BCUT2D eigenvalue weighted by Crippen LogP contribution is -2.47. The van der Waals surface area contributed by atoms with Crippen molar-refractivity contribution in [3.8, 4) is 0 Å². The van der Waals surface area contributed by atoms with Crippen LogP contribution in [0, 0.1) is 0 Å². The largest absolute Gasteiger partial charge is 0.340 e. The first-order valence-corrected chi connectivity index (χ1v) is 8.18. The highest BCUT2D eigenvalue weighted by molar-refractivity contribution is 8.00. The number of amides is 1. The van der Waals surface area contributed by atoms with Gasteiger partial charge in [-0.15, -0.1) is 0 Å². The first kappa shape index (κ1) is 14.8. The second kappa shape index (κ2) is 6.71. The van der Waals surface area contributed by atoms with E-state index >= 15 is 0 Å². The highest BCUT2D eigenvalue weighted by Gasteiger charge is 2.28. The van der Waals surface area contributed by atoms with E-state index in [1.165, 1.54) is 5.56 Å². The van der Waals surface area contributed by atoms with Crippen LogP contribution in [0.25, 0.3) is 0 Å². The summed E-state index contributed by atoms with van der Waals surface area (Å²) in [6, 6.07) is 10.1. The number of hydrogen-bond acceptors (Lipinski definition) is 3. The van der Waals surface area contributed by atoms with Crippen molar-refractivity contribution in [2.24, 2.45) is 0 Å². The van der Waals surface area contributed by atoms with Crippen molar-refractivity contribution in [1.29, 1.82) is 0 Å². The molecule has 1 aromatic rings. The molecule has 1 amide bonds. The minimum atomic E-state index is -0.232. The molecule has 0 radical (unpaired) electrons. The van der Waals surface area contributed by atoms with Crippen LogP contribution in [0.3, 0.4) is 0 Å². The summed E-state index contributed by atoms with van der Waals surface area (Å²) in [5, 5.41) is 0.805. The SMILES string of the molecule is CC1CN(C(=O)C(S)Cc2ccccc2)CC(C)S1. The van der Waals surface area contributed by atoms with Gasteiger partial charge in [-0.2, -0.15) is 24.4 Å². The maximum atomic E-state index is 12.4. The third-order valence-electron chi connectivity index (χ3n) is 3.29. The fourth-order valence-electron chi connectivity index (χ4n) is 2.49. The first-order chi connectivity index (χ1) is 9.06. The van der Waals surface area contributed by atoms with E-state index < -0.39 is 0 Å². The van der Waals surface area contributed by atoms with Crippen LogP contribution >= 0.6 is 24.4 Å². The number of carbonyl (C=O) groups is 1. The lowest BCUT2D eigenvalue weighted by atomic mass is 10.1. The molecule has 1 heterocycles. The van der Waals surface area contributed by atoms with Crippen molar-refractivity contribution in [3.05, 3.63) is 35.9 Å². The van der Waals surface area contributed by atoms with Crippen LogP contribution in [-0.4, -0.2) is 39.6 Å². The van der Waals surface area contributed by atoms with E-state index in [-0.39, 0.29) is 11.2 Å². The van der Waals surface area contributed by atoms with Crippen LogP contribution in [0.15, 0.2) is 30.3 Å². The molecule has 3 unspecified atom stereocenters. The molecule has 0 saturated carbocycles. The zero-order valence-electron chi connectivity index (χ0n) is 11.5. The van der Waals surface area contributed by atoms with Crippen LogP contribution in [0.2, 0.25) is 0 Å². The first-order valence-electron chi connectivity index (χ1n) is 6.72. The molecule has 0 aliphatic carbocycles. The van der Waals surface area contributed by atoms with Crippen LogP contribution in [0.1, 0.15) is 19.4 Å². The molecular formula is C15H21NOS2. The quantitative estimate of drug-likeness (QED) is 0.865. The third kappa shape index (κ3) is 4.18. The fraction of sp³-hybridized carbons (Fsp3) is 0.533. The Balaban J connectivity index is 1.95. The monoisotopic (exact) mass is 295 g/mol. The Morgan fingerprint density at radius 3 is 2.47 bits per heavy atom. The van der Waals surface area contributed by atoms with Crippen molar-refractivity contribution in [3.63, 3.8) is 0 Å². The van der Waals surface area contributed by atoms with Crippen LogP contribution < -0.4 is 0 Å². The molecule has 3 atom stereocenters. The lowest BCUT2D eigenvalue weighted by molar-refractivity contribution is -0.130. The molecule has 2 nitrogen and oxygen atoms in total. The Morgan fingerprint density at radius 2 is 1.89 bits per heavy atom. The van der Waals surface area contributed by atoms with E-state index in [0.717, 1.165) is 13.1 Å². The lowest BCUT2D eigenvalue weighted by Gasteiger charge is -2.35. The van der Waals surface area contributed by atoms with Gasteiger partial charge >= 0.3 is 0 Å². The van der Waals surface area contributed by atoms with E-state index in [4.69, 9.17) is 0 Å². The number of rotatable bonds is 3. The van der Waals surface area contributed by atoms with Gasteiger partial charge in [0.15, 0.2) is 0 Å². The molecule has 104 valence electrons. The molecule has 0 aromatic heterocycles. The van der Waals surface area contributed by atoms with E-state index in [1.54, 1.807) is 0 Å². The van der Waals surface area contributed by atoms with Gasteiger partial charge in [0.2, 0.25) is 5.91 Å². The van der Waals surface area contributed by atoms with Gasteiger partial charge in [-0.3, -0.25) is 4.79 Å². The van der Waals surface area contributed by atoms with E-state index in [1.807, 2.05) is 47.0 Å². The van der Waals surface area contributed by atoms with Crippen LogP contribution in [-0.2, 0) is 11.2 Å². The molecule has 1 aliphatic rings. The van der Waals surface area contributed by atoms with E-state index in [9.17, 15) is 4.79 Å². The highest BCUT2D eigenvalue weighted by Crippen LogP contribution is 2.25. The summed E-state index contributed by atoms with van der Waals surface area (Å²) in [7, 11) is 0. The number of nitrogens with zero attached hydrogens (tertiary/aromatic N) is 1. The molecule has 1 fully saturated rings. The summed E-state index contributed by atoms with van der Waals surface area (Å²) in [6.07, 6.45) is 0.704. The topological polar surface area (TPSA) is 20.3 Å². The van der Waals surface area contributed by atoms with Gasteiger partial charge in [0.25, 0.3) is 0 Å². The normalized spacial score (nSPS) is 25.1. The summed E-state index contributed by atoms with van der Waals surface area (Å²) in [5.41, 5.74) is 1.17. The molecule has 0 bridgehead atoms. The summed E-state index contributed by atoms with van der Waals surface area (Å²) in [5.74, 6) is 0.172. The van der Waals surface area contributed by atoms with Crippen molar-refractivity contribution in [1.82, 2.24) is 4.90 Å². The average molecular weight is 295 g/mol. The Kier molecular flexibility index (Phi) is 5.22. The minimum Gasteiger partial charge on any atom is -0.340 e. The summed E-state index contributed by atoms with van der Waals surface area (Å²) < 4.78 is 0. The van der Waals surface area contributed by atoms with Gasteiger partial charge in [0.05, 0.1) is 5.25 Å². The summed E-state index contributed by atoms with van der Waals surface area (Å²) >= 11 is 6.47. The number of thioether (sulfide) groups is 1. The van der Waals surface area contributed by atoms with E-state index in [2.05, 4.69) is 26.5 Å². The molecule has 2 rings (SSSR count). The van der Waals surface area contributed by atoms with Crippen molar-refractivity contribution in [2.75, 3.05) is 13.1 Å². The Bertz CT molecular complexity index is 413. The second-order valence-corrected chi connectivity index (χ2v) is 7.71.